The molecule has 1 N–H and O–H groups in total. The summed E-state index contributed by atoms with van der Waals surface area (Å²) in [6.07, 6.45) is 1.37. The number of aromatic nitrogens is 3. The fourth-order valence-corrected chi connectivity index (χ4v) is 2.76. The summed E-state index contributed by atoms with van der Waals surface area (Å²) in [4.78, 5) is 13.2. The van der Waals surface area contributed by atoms with Crippen LogP contribution in [-0.2, 0) is 16.3 Å². The molecule has 0 saturated carbocycles. The van der Waals surface area contributed by atoms with Gasteiger partial charge in [0.15, 0.2) is 0 Å². The minimum atomic E-state index is -0.687. The van der Waals surface area contributed by atoms with Gasteiger partial charge in [-0.05, 0) is 31.0 Å². The van der Waals surface area contributed by atoms with Crippen LogP contribution in [0.25, 0.3) is 11.0 Å². The van der Waals surface area contributed by atoms with Crippen molar-refractivity contribution in [2.24, 2.45) is 5.92 Å². The van der Waals surface area contributed by atoms with Gasteiger partial charge in [-0.3, -0.25) is 4.79 Å². The number of piperidine rings is 1. The van der Waals surface area contributed by atoms with Crippen molar-refractivity contribution >= 4 is 22.7 Å². The van der Waals surface area contributed by atoms with Crippen molar-refractivity contribution in [2.75, 3.05) is 25.1 Å². The van der Waals surface area contributed by atoms with E-state index in [9.17, 15) is 4.79 Å². The van der Waals surface area contributed by atoms with Crippen molar-refractivity contribution in [2.45, 2.75) is 19.6 Å². The summed E-state index contributed by atoms with van der Waals surface area (Å²) in [5.41, 5.74) is 2.82. The predicted molar refractivity (Wildman–Crippen MR) is 77.1 cm³/mol. The summed E-state index contributed by atoms with van der Waals surface area (Å²) in [5.74, 6) is -0.903. The van der Waals surface area contributed by atoms with Crippen molar-refractivity contribution in [3.05, 3.63) is 18.2 Å². The van der Waals surface area contributed by atoms with E-state index in [0.29, 0.717) is 19.6 Å². The van der Waals surface area contributed by atoms with Crippen molar-refractivity contribution in [1.82, 2.24) is 15.0 Å². The molecule has 0 aliphatic carbocycles. The van der Waals surface area contributed by atoms with Crippen LogP contribution in [0, 0.1) is 5.92 Å². The first-order valence-corrected chi connectivity index (χ1v) is 6.99. The van der Waals surface area contributed by atoms with Gasteiger partial charge in [-0.15, -0.1) is 5.10 Å². The van der Waals surface area contributed by atoms with Crippen LogP contribution in [0.5, 0.6) is 0 Å². The Bertz CT molecular complexity index is 647. The Morgan fingerprint density at radius 3 is 2.86 bits per heavy atom. The smallest absolute Gasteiger partial charge is 0.306 e. The average molecular weight is 290 g/mol. The molecule has 0 bridgehead atoms. The zero-order valence-electron chi connectivity index (χ0n) is 11.9. The molecule has 21 heavy (non-hydrogen) atoms. The Morgan fingerprint density at radius 1 is 1.43 bits per heavy atom. The molecule has 7 heteroatoms. The van der Waals surface area contributed by atoms with E-state index in [1.54, 1.807) is 11.8 Å². The second-order valence-electron chi connectivity index (χ2n) is 5.28. The van der Waals surface area contributed by atoms with Crippen LogP contribution in [0.4, 0.5) is 5.69 Å². The van der Waals surface area contributed by atoms with Gasteiger partial charge >= 0.3 is 5.97 Å². The summed E-state index contributed by atoms with van der Waals surface area (Å²) in [6.45, 7) is 1.89. The molecule has 3 rings (SSSR count). The normalized spacial score (nSPS) is 16.5. The number of aliphatic carboxylic acids is 1. The molecule has 0 amide bonds. The lowest BCUT2D eigenvalue weighted by atomic mass is 9.97. The van der Waals surface area contributed by atoms with Gasteiger partial charge in [-0.2, -0.15) is 0 Å². The van der Waals surface area contributed by atoms with Crippen molar-refractivity contribution < 1.29 is 14.6 Å². The molecule has 1 fully saturated rings. The molecule has 2 heterocycles. The number of carbonyl (C=O) groups is 1. The predicted octanol–water partition coefficient (Wildman–Crippen LogP) is 1.34. The van der Waals surface area contributed by atoms with Crippen molar-refractivity contribution in [3.63, 3.8) is 0 Å². The zero-order valence-corrected chi connectivity index (χ0v) is 11.9. The van der Waals surface area contributed by atoms with Crippen LogP contribution < -0.4 is 4.90 Å². The summed E-state index contributed by atoms with van der Waals surface area (Å²) < 4.78 is 6.77. The lowest BCUT2D eigenvalue weighted by molar-refractivity contribution is -0.142. The number of ether oxygens (including phenoxy) is 1. The molecule has 0 radical (unpaired) electrons. The van der Waals surface area contributed by atoms with Crippen LogP contribution in [0.2, 0.25) is 0 Å². The highest BCUT2D eigenvalue weighted by Gasteiger charge is 2.24. The van der Waals surface area contributed by atoms with Gasteiger partial charge in [0.05, 0.1) is 11.4 Å². The maximum absolute atomic E-state index is 11.0. The number of hydrogen-bond donors (Lipinski definition) is 1. The van der Waals surface area contributed by atoms with E-state index in [1.165, 1.54) is 0 Å². The Labute approximate surface area is 122 Å². The van der Waals surface area contributed by atoms with E-state index in [0.717, 1.165) is 29.8 Å². The molecular weight excluding hydrogens is 272 g/mol. The maximum atomic E-state index is 11.0. The van der Waals surface area contributed by atoms with Crippen LogP contribution in [0.15, 0.2) is 18.2 Å². The number of nitrogens with zero attached hydrogens (tertiary/aromatic N) is 4. The van der Waals surface area contributed by atoms with E-state index < -0.39 is 5.97 Å². The molecule has 112 valence electrons. The van der Waals surface area contributed by atoms with Gasteiger partial charge in [0, 0.05) is 25.9 Å². The van der Waals surface area contributed by atoms with Gasteiger partial charge in [0.25, 0.3) is 0 Å². The van der Waals surface area contributed by atoms with Crippen LogP contribution in [-0.4, -0.2) is 46.3 Å². The first kappa shape index (κ1) is 13.8. The van der Waals surface area contributed by atoms with E-state index in [2.05, 4.69) is 15.2 Å². The average Bonchev–Trinajstić information content (AvgIpc) is 2.90. The highest BCUT2D eigenvalue weighted by molar-refractivity contribution is 5.79. The lowest BCUT2D eigenvalue weighted by Gasteiger charge is -2.31. The summed E-state index contributed by atoms with van der Waals surface area (Å²) in [7, 11) is 1.62. The zero-order chi connectivity index (χ0) is 14.8. The molecule has 1 aromatic carbocycles. The fraction of sp³-hybridized carbons (Fsp3) is 0.500. The molecular formula is C14H18N4O3. The molecule has 1 saturated heterocycles. The first-order chi connectivity index (χ1) is 10.2. The number of benzene rings is 1. The van der Waals surface area contributed by atoms with Crippen LogP contribution >= 0.6 is 0 Å². The van der Waals surface area contributed by atoms with E-state index in [4.69, 9.17) is 9.84 Å². The van der Waals surface area contributed by atoms with Gasteiger partial charge in [0.2, 0.25) is 0 Å². The summed E-state index contributed by atoms with van der Waals surface area (Å²) in [5, 5.41) is 17.2. The molecule has 7 nitrogen and oxygen atoms in total. The van der Waals surface area contributed by atoms with Crippen molar-refractivity contribution in [3.8, 4) is 0 Å². The number of hydrogen-bond acceptors (Lipinski definition) is 5. The summed E-state index contributed by atoms with van der Waals surface area (Å²) >= 11 is 0. The molecule has 0 atom stereocenters. The third kappa shape index (κ3) is 2.69. The number of fused-ring (bicyclic) bond motifs is 1. The minimum absolute atomic E-state index is 0.215. The number of methoxy groups -OCH3 is 1. The molecule has 2 aromatic rings. The largest absolute Gasteiger partial charge is 0.481 e. The van der Waals surface area contributed by atoms with Gasteiger partial charge in [-0.1, -0.05) is 5.21 Å². The Morgan fingerprint density at radius 2 is 2.19 bits per heavy atom. The SMILES string of the molecule is COCn1nnc2cc(N3CCC(C(=O)O)CC3)ccc21. The van der Waals surface area contributed by atoms with Gasteiger partial charge in [-0.25, -0.2) is 4.68 Å². The number of carboxylic acids is 1. The molecule has 1 aliphatic heterocycles. The fourth-order valence-electron chi connectivity index (χ4n) is 2.76. The minimum Gasteiger partial charge on any atom is -0.481 e. The van der Waals surface area contributed by atoms with Gasteiger partial charge < -0.3 is 14.7 Å². The third-order valence-electron chi connectivity index (χ3n) is 3.96. The number of rotatable bonds is 4. The van der Waals surface area contributed by atoms with E-state index >= 15 is 0 Å². The maximum Gasteiger partial charge on any atom is 0.306 e. The highest BCUT2D eigenvalue weighted by Crippen LogP contribution is 2.26. The molecule has 1 aromatic heterocycles. The third-order valence-corrected chi connectivity index (χ3v) is 3.96. The Kier molecular flexibility index (Phi) is 3.74. The van der Waals surface area contributed by atoms with Crippen molar-refractivity contribution in [1.29, 1.82) is 0 Å². The van der Waals surface area contributed by atoms with E-state index in [-0.39, 0.29) is 5.92 Å². The number of anilines is 1. The summed E-state index contributed by atoms with van der Waals surface area (Å²) in [6, 6.07) is 6.00. The Balaban J connectivity index is 1.78. The number of carboxylic acid groups (broad SMARTS) is 1. The van der Waals surface area contributed by atoms with Gasteiger partial charge in [0.1, 0.15) is 12.2 Å². The Hall–Kier alpha value is -2.15. The second kappa shape index (κ2) is 5.69. The molecule has 1 aliphatic rings. The second-order valence-corrected chi connectivity index (χ2v) is 5.28. The van der Waals surface area contributed by atoms with E-state index in [1.807, 2.05) is 18.2 Å². The monoisotopic (exact) mass is 290 g/mol. The topological polar surface area (TPSA) is 80.5 Å². The quantitative estimate of drug-likeness (QED) is 0.915. The molecule has 0 spiro atoms. The van der Waals surface area contributed by atoms with Crippen LogP contribution in [0.1, 0.15) is 12.8 Å². The van der Waals surface area contributed by atoms with Crippen LogP contribution in [0.3, 0.4) is 0 Å². The first-order valence-electron chi connectivity index (χ1n) is 6.99. The lowest BCUT2D eigenvalue weighted by Crippen LogP contribution is -2.36. The standard InChI is InChI=1S/C14H18N4O3/c1-21-9-18-13-3-2-11(8-12(13)15-16-18)17-6-4-10(5-7-17)14(19)20/h2-3,8,10H,4-7,9H2,1H3,(H,19,20). The highest BCUT2D eigenvalue weighted by atomic mass is 16.5. The molecule has 0 unspecified atom stereocenters.